The molecule has 0 heterocycles. The largest absolute Gasteiger partial charge is 2.00 e. The second-order valence-corrected chi connectivity index (χ2v) is 18.9. The maximum Gasteiger partial charge on any atom is 2.00 e. The van der Waals surface area contributed by atoms with Gasteiger partial charge in [-0.1, -0.05) is 233 Å². The van der Waals surface area contributed by atoms with Crippen LogP contribution in [0.3, 0.4) is 0 Å². The molecule has 0 fully saturated rings. The maximum atomic E-state index is 12.3. The van der Waals surface area contributed by atoms with Gasteiger partial charge in [-0.15, -0.1) is 17.3 Å². The molecule has 0 aliphatic rings. The van der Waals surface area contributed by atoms with Crippen molar-refractivity contribution in [3.63, 3.8) is 0 Å². The van der Waals surface area contributed by atoms with E-state index in [-0.39, 0.29) is 52.6 Å². The summed E-state index contributed by atoms with van der Waals surface area (Å²) < 4.78 is 0. The van der Waals surface area contributed by atoms with Crippen LogP contribution in [0.4, 0.5) is 0 Å². The molecule has 0 saturated carbocycles. The standard InChI is InChI=1S/C18H15P.2C14H22O.CH3.Al.Ru/c1-4-10-16(11-5-1)19(17-12-6-2-7-13-17)18-14-8-3-9-15-18;2*1-13(2,3)10-8-7-9-11(12(10)15)14(4,5)6;;;/h1-15H;2*7-9,15H,1-6H3;1H3;;/q;;;;;+2/p-2. The van der Waals surface area contributed by atoms with Gasteiger partial charge in [0, 0.05) is 0 Å². The van der Waals surface area contributed by atoms with Crippen molar-refractivity contribution in [2.75, 3.05) is 0 Å². The van der Waals surface area contributed by atoms with Crippen molar-refractivity contribution in [3.8, 4) is 11.5 Å². The zero-order chi connectivity index (χ0) is 38.6. The fourth-order valence-electron chi connectivity index (χ4n) is 5.61. The summed E-state index contributed by atoms with van der Waals surface area (Å²) in [5, 5.41) is 28.7. The normalized spacial score (nSPS) is 11.4. The van der Waals surface area contributed by atoms with E-state index < -0.39 is 7.92 Å². The van der Waals surface area contributed by atoms with Crippen molar-refractivity contribution < 1.29 is 29.7 Å². The summed E-state index contributed by atoms with van der Waals surface area (Å²) in [6.45, 7) is 25.0. The van der Waals surface area contributed by atoms with Gasteiger partial charge in [-0.25, -0.2) is 0 Å². The van der Waals surface area contributed by atoms with Crippen LogP contribution in [-0.4, -0.2) is 16.3 Å². The first-order chi connectivity index (χ1) is 23.7. The third-order valence-electron chi connectivity index (χ3n) is 8.31. The Balaban J connectivity index is 0.000000381. The molecule has 2 radical (unpaired) electrons. The summed E-state index contributed by atoms with van der Waals surface area (Å²) >= 11 is 2.42. The molecule has 0 aliphatic heterocycles. The van der Waals surface area contributed by atoms with Gasteiger partial charge >= 0.3 is 19.5 Å². The van der Waals surface area contributed by atoms with Crippen LogP contribution < -0.4 is 26.1 Å². The van der Waals surface area contributed by atoms with E-state index in [0.29, 0.717) is 0 Å². The molecule has 5 rings (SSSR count). The summed E-state index contributed by atoms with van der Waals surface area (Å²) in [6, 6.07) is 44.1. The third-order valence-corrected chi connectivity index (χ3v) is 10.7. The summed E-state index contributed by atoms with van der Waals surface area (Å²) in [7, 11) is -0.446. The smallest absolute Gasteiger partial charge is 0.872 e. The minimum Gasteiger partial charge on any atom is -0.872 e. The summed E-state index contributed by atoms with van der Waals surface area (Å²) in [6.07, 6.45) is 0. The van der Waals surface area contributed by atoms with Crippen molar-refractivity contribution in [2.45, 2.75) is 111 Å². The minimum absolute atomic E-state index is 0. The average Bonchev–Trinajstić information content (AvgIpc) is 3.06. The molecule has 5 heteroatoms. The zero-order valence-electron chi connectivity index (χ0n) is 33.8. The van der Waals surface area contributed by atoms with E-state index in [1.54, 1.807) is 0 Å². The van der Waals surface area contributed by atoms with Crippen molar-refractivity contribution in [3.05, 3.63) is 150 Å². The fraction of sp³-hybridized carbons (Fsp3) is 0.362. The average molecular weight is 816 g/mol. The Bertz CT molecular complexity index is 1510. The molecular formula is C47H60AlO2PRu. The zero-order valence-corrected chi connectivity index (χ0v) is 37.6. The fourth-order valence-corrected chi connectivity index (χ4v) is 7.92. The molecule has 0 aliphatic carbocycles. The molecule has 5 aromatic rings. The second kappa shape index (κ2) is 20.7. The van der Waals surface area contributed by atoms with E-state index in [2.05, 4.69) is 190 Å². The van der Waals surface area contributed by atoms with E-state index >= 15 is 0 Å². The van der Waals surface area contributed by atoms with Crippen LogP contribution in [0, 0.1) is 0 Å². The van der Waals surface area contributed by atoms with Gasteiger partial charge in [0.15, 0.2) is 0 Å². The van der Waals surface area contributed by atoms with Crippen molar-refractivity contribution in [1.29, 1.82) is 0 Å². The molecule has 5 aromatic carbocycles. The SMILES string of the molecule is CC(C)(C)c1cccc(C(C)(C)C)c1[O-].CC(C)(C)c1cccc(C(C)(C)C)c1[O-].[CH3][Al].[Ru+2].c1ccc(P(c2ccccc2)c2ccccc2)cc1. The van der Waals surface area contributed by atoms with Crippen LogP contribution in [0.5, 0.6) is 11.5 Å². The van der Waals surface area contributed by atoms with Gasteiger partial charge in [-0.05, 0) is 45.5 Å². The first-order valence-electron chi connectivity index (χ1n) is 17.9. The molecular weight excluding hydrogens is 756 g/mol. The van der Waals surface area contributed by atoms with Crippen molar-refractivity contribution in [2.24, 2.45) is 0 Å². The topological polar surface area (TPSA) is 46.1 Å². The van der Waals surface area contributed by atoms with Gasteiger partial charge in [-0.2, -0.15) is 0 Å². The number of rotatable bonds is 3. The molecule has 0 aromatic heterocycles. The van der Waals surface area contributed by atoms with Crippen LogP contribution >= 0.6 is 7.92 Å². The minimum atomic E-state index is -0.446. The molecule has 0 N–H and O–H groups in total. The third kappa shape index (κ3) is 13.9. The van der Waals surface area contributed by atoms with Gasteiger partial charge < -0.3 is 10.2 Å². The Morgan fingerprint density at radius 1 is 0.346 bits per heavy atom. The molecule has 52 heavy (non-hydrogen) atoms. The predicted octanol–water partition coefficient (Wildman–Crippen LogP) is 10.4. The number of hydrogen-bond donors (Lipinski definition) is 0. The molecule has 276 valence electrons. The number of para-hydroxylation sites is 2. The Kier molecular flexibility index (Phi) is 18.8. The van der Waals surface area contributed by atoms with Gasteiger partial charge in [0.1, 0.15) is 16.3 Å². The molecule has 0 saturated heterocycles. The van der Waals surface area contributed by atoms with Gasteiger partial charge in [-0.3, -0.25) is 0 Å². The van der Waals surface area contributed by atoms with Crippen molar-refractivity contribution >= 4 is 40.1 Å². The Labute approximate surface area is 339 Å². The number of benzene rings is 5. The molecule has 0 atom stereocenters. The quantitative estimate of drug-likeness (QED) is 0.135. The van der Waals surface area contributed by atoms with Crippen LogP contribution in [0.2, 0.25) is 5.79 Å². The van der Waals surface area contributed by atoms with Crippen LogP contribution in [-0.2, 0) is 41.1 Å². The molecule has 2 nitrogen and oxygen atoms in total. The van der Waals surface area contributed by atoms with Crippen LogP contribution in [0.15, 0.2) is 127 Å². The first-order valence-corrected chi connectivity index (χ1v) is 20.4. The Morgan fingerprint density at radius 3 is 0.712 bits per heavy atom. The summed E-state index contributed by atoms with van der Waals surface area (Å²) in [5.74, 6) is 2.33. The monoisotopic (exact) mass is 816 g/mol. The Hall–Kier alpha value is -2.71. The summed E-state index contributed by atoms with van der Waals surface area (Å²) in [5.41, 5.74) is 3.36. The first kappa shape index (κ1) is 47.3. The second-order valence-electron chi connectivity index (χ2n) is 16.7. The van der Waals surface area contributed by atoms with Crippen molar-refractivity contribution in [1.82, 2.24) is 0 Å². The van der Waals surface area contributed by atoms with E-state index in [9.17, 15) is 10.2 Å². The maximum absolute atomic E-state index is 12.3. The van der Waals surface area contributed by atoms with E-state index in [1.165, 1.54) is 15.9 Å². The number of hydrogen-bond acceptors (Lipinski definition) is 2. The van der Waals surface area contributed by atoms with Crippen LogP contribution in [0.1, 0.15) is 105 Å². The molecule has 0 amide bonds. The van der Waals surface area contributed by atoms with Gasteiger partial charge in [0.25, 0.3) is 0 Å². The summed E-state index contributed by atoms with van der Waals surface area (Å²) in [4.78, 5) is 0. The molecule has 0 unspecified atom stereocenters. The molecule has 0 spiro atoms. The Morgan fingerprint density at radius 2 is 0.538 bits per heavy atom. The van der Waals surface area contributed by atoms with Gasteiger partial charge in [0.2, 0.25) is 0 Å². The predicted molar refractivity (Wildman–Crippen MR) is 223 cm³/mol. The van der Waals surface area contributed by atoms with E-state index in [4.69, 9.17) is 0 Å². The van der Waals surface area contributed by atoms with E-state index in [0.717, 1.165) is 22.3 Å². The van der Waals surface area contributed by atoms with Crippen LogP contribution in [0.25, 0.3) is 0 Å². The molecule has 0 bridgehead atoms. The van der Waals surface area contributed by atoms with Gasteiger partial charge in [0.05, 0.1) is 0 Å². The van der Waals surface area contributed by atoms with E-state index in [1.807, 2.05) is 42.2 Å².